The molecule has 1 nitrogen and oxygen atoms in total. The third-order valence-electron chi connectivity index (χ3n) is 1.20. The van der Waals surface area contributed by atoms with Crippen LogP contribution >= 0.6 is 0 Å². The zero-order valence-corrected chi connectivity index (χ0v) is 6.98. The monoisotopic (exact) mass is 130 g/mol. The number of ether oxygens (including phenoxy) is 1. The lowest BCUT2D eigenvalue weighted by atomic mass is 10.2. The molecule has 0 N–H and O–H groups in total. The van der Waals surface area contributed by atoms with E-state index in [1.807, 2.05) is 0 Å². The Balaban J connectivity index is 3.15. The highest BCUT2D eigenvalue weighted by Crippen LogP contribution is 2.03. The highest BCUT2D eigenvalue weighted by Gasteiger charge is 2.01. The third-order valence-corrected chi connectivity index (χ3v) is 1.20. The largest absolute Gasteiger partial charge is 0.376 e. The molecule has 0 fully saturated rings. The second kappa shape index (κ2) is 4.80. The molecule has 1 heteroatoms. The fraction of sp³-hybridized carbons (Fsp3) is 1.00. The van der Waals surface area contributed by atoms with Crippen LogP contribution in [0.25, 0.3) is 0 Å². The van der Waals surface area contributed by atoms with E-state index in [-0.39, 0.29) is 0 Å². The van der Waals surface area contributed by atoms with E-state index in [1.165, 1.54) is 12.8 Å². The Morgan fingerprint density at radius 2 is 1.78 bits per heavy atom. The minimum absolute atomic E-state index is 0.381. The van der Waals surface area contributed by atoms with Crippen molar-refractivity contribution in [2.24, 2.45) is 0 Å². The Morgan fingerprint density at radius 1 is 1.22 bits per heavy atom. The van der Waals surface area contributed by atoms with E-state index >= 15 is 0 Å². The lowest BCUT2D eigenvalue weighted by Gasteiger charge is -2.14. The summed E-state index contributed by atoms with van der Waals surface area (Å²) in [6.45, 7) is 8.46. The van der Waals surface area contributed by atoms with Gasteiger partial charge in [-0.1, -0.05) is 13.3 Å². The van der Waals surface area contributed by atoms with Crippen LogP contribution in [0.1, 0.15) is 40.5 Å². The van der Waals surface area contributed by atoms with E-state index < -0.39 is 0 Å². The Labute approximate surface area is 58.4 Å². The second-order valence-corrected chi connectivity index (χ2v) is 2.78. The summed E-state index contributed by atoms with van der Waals surface area (Å²) in [7, 11) is 0. The molecule has 56 valence electrons. The normalized spacial score (nSPS) is 14.3. The predicted octanol–water partition coefficient (Wildman–Crippen LogP) is 2.60. The first-order valence-corrected chi connectivity index (χ1v) is 3.82. The van der Waals surface area contributed by atoms with Gasteiger partial charge < -0.3 is 4.74 Å². The number of hydrogen-bond acceptors (Lipinski definition) is 1. The molecule has 0 rings (SSSR count). The zero-order chi connectivity index (χ0) is 7.28. The number of hydrogen-bond donors (Lipinski definition) is 0. The Hall–Kier alpha value is -0.0400. The fourth-order valence-electron chi connectivity index (χ4n) is 0.939. The molecular weight excluding hydrogens is 112 g/mol. The average Bonchev–Trinajstić information content (AvgIpc) is 1.63. The van der Waals surface area contributed by atoms with Gasteiger partial charge in [-0.3, -0.25) is 0 Å². The highest BCUT2D eigenvalue weighted by molar-refractivity contribution is 4.49. The van der Waals surface area contributed by atoms with Gasteiger partial charge in [0, 0.05) is 0 Å². The molecule has 0 bridgehead atoms. The van der Waals surface area contributed by atoms with Crippen molar-refractivity contribution < 1.29 is 4.74 Å². The SMILES string of the molecule is CCC[C@H](C)OC(C)C. The van der Waals surface area contributed by atoms with Crippen LogP contribution in [0.4, 0.5) is 0 Å². The van der Waals surface area contributed by atoms with Crippen LogP contribution in [-0.4, -0.2) is 12.2 Å². The first-order chi connectivity index (χ1) is 4.16. The van der Waals surface area contributed by atoms with E-state index in [0.717, 1.165) is 0 Å². The lowest BCUT2D eigenvalue weighted by molar-refractivity contribution is 0.0141. The molecule has 9 heavy (non-hydrogen) atoms. The van der Waals surface area contributed by atoms with Gasteiger partial charge >= 0.3 is 0 Å². The molecule has 0 saturated heterocycles. The quantitative estimate of drug-likeness (QED) is 0.568. The molecule has 0 radical (unpaired) electrons. The molecule has 0 heterocycles. The minimum atomic E-state index is 0.381. The molecule has 0 aromatic rings. The van der Waals surface area contributed by atoms with Crippen LogP contribution in [-0.2, 0) is 4.74 Å². The van der Waals surface area contributed by atoms with Crippen LogP contribution in [0.3, 0.4) is 0 Å². The van der Waals surface area contributed by atoms with Gasteiger partial charge in [-0.15, -0.1) is 0 Å². The number of rotatable bonds is 4. The summed E-state index contributed by atoms with van der Waals surface area (Å²) in [5.41, 5.74) is 0. The second-order valence-electron chi connectivity index (χ2n) is 2.78. The van der Waals surface area contributed by atoms with E-state index in [1.54, 1.807) is 0 Å². The molecule has 0 aromatic heterocycles. The standard InChI is InChI=1S/C8H18O/c1-5-6-8(4)9-7(2)3/h7-8H,5-6H2,1-4H3/t8-/m0/s1. The van der Waals surface area contributed by atoms with Crippen molar-refractivity contribution in [3.63, 3.8) is 0 Å². The topological polar surface area (TPSA) is 9.23 Å². The molecule has 0 unspecified atom stereocenters. The third kappa shape index (κ3) is 5.84. The molecule has 0 aliphatic rings. The summed E-state index contributed by atoms with van der Waals surface area (Å²) in [4.78, 5) is 0. The van der Waals surface area contributed by atoms with Gasteiger partial charge in [0.2, 0.25) is 0 Å². The predicted molar refractivity (Wildman–Crippen MR) is 40.6 cm³/mol. The van der Waals surface area contributed by atoms with E-state index in [4.69, 9.17) is 4.74 Å². The van der Waals surface area contributed by atoms with Crippen molar-refractivity contribution in [2.45, 2.75) is 52.7 Å². The van der Waals surface area contributed by atoms with Crippen molar-refractivity contribution in [3.05, 3.63) is 0 Å². The lowest BCUT2D eigenvalue weighted by Crippen LogP contribution is -2.13. The van der Waals surface area contributed by atoms with Gasteiger partial charge in [0.25, 0.3) is 0 Å². The molecular formula is C8H18O. The summed E-state index contributed by atoms with van der Waals surface area (Å²) < 4.78 is 5.49. The minimum Gasteiger partial charge on any atom is -0.376 e. The van der Waals surface area contributed by atoms with E-state index in [2.05, 4.69) is 27.7 Å². The highest BCUT2D eigenvalue weighted by atomic mass is 16.5. The van der Waals surface area contributed by atoms with Gasteiger partial charge in [-0.25, -0.2) is 0 Å². The van der Waals surface area contributed by atoms with E-state index in [9.17, 15) is 0 Å². The summed E-state index contributed by atoms with van der Waals surface area (Å²) in [6, 6.07) is 0. The summed E-state index contributed by atoms with van der Waals surface area (Å²) >= 11 is 0. The van der Waals surface area contributed by atoms with Crippen molar-refractivity contribution in [3.8, 4) is 0 Å². The maximum atomic E-state index is 5.49. The van der Waals surface area contributed by atoms with E-state index in [0.29, 0.717) is 12.2 Å². The van der Waals surface area contributed by atoms with Crippen molar-refractivity contribution >= 4 is 0 Å². The first-order valence-electron chi connectivity index (χ1n) is 3.82. The summed E-state index contributed by atoms with van der Waals surface area (Å²) in [5, 5.41) is 0. The summed E-state index contributed by atoms with van der Waals surface area (Å²) in [6.07, 6.45) is 3.22. The van der Waals surface area contributed by atoms with Crippen molar-refractivity contribution in [1.29, 1.82) is 0 Å². The maximum Gasteiger partial charge on any atom is 0.0550 e. The zero-order valence-electron chi connectivity index (χ0n) is 6.98. The molecule has 0 spiro atoms. The van der Waals surface area contributed by atoms with Gasteiger partial charge in [0.15, 0.2) is 0 Å². The van der Waals surface area contributed by atoms with Crippen LogP contribution < -0.4 is 0 Å². The molecule has 0 aliphatic heterocycles. The Bertz CT molecular complexity index is 59.6. The molecule has 0 saturated carbocycles. The van der Waals surface area contributed by atoms with Crippen LogP contribution in [0.2, 0.25) is 0 Å². The van der Waals surface area contributed by atoms with Crippen molar-refractivity contribution in [2.75, 3.05) is 0 Å². The van der Waals surface area contributed by atoms with Crippen LogP contribution in [0, 0.1) is 0 Å². The van der Waals surface area contributed by atoms with Gasteiger partial charge in [-0.05, 0) is 27.2 Å². The molecule has 0 amide bonds. The molecule has 0 aromatic carbocycles. The fourth-order valence-corrected chi connectivity index (χ4v) is 0.939. The van der Waals surface area contributed by atoms with Gasteiger partial charge in [0.1, 0.15) is 0 Å². The van der Waals surface area contributed by atoms with Gasteiger partial charge in [0.05, 0.1) is 12.2 Å². The summed E-state index contributed by atoms with van der Waals surface area (Å²) in [5.74, 6) is 0. The maximum absolute atomic E-state index is 5.49. The smallest absolute Gasteiger partial charge is 0.0550 e. The van der Waals surface area contributed by atoms with Crippen LogP contribution in [0.15, 0.2) is 0 Å². The first kappa shape index (κ1) is 8.96. The van der Waals surface area contributed by atoms with Gasteiger partial charge in [-0.2, -0.15) is 0 Å². The average molecular weight is 130 g/mol. The Kier molecular flexibility index (Phi) is 4.78. The van der Waals surface area contributed by atoms with Crippen molar-refractivity contribution in [1.82, 2.24) is 0 Å². The molecule has 1 atom stereocenters. The van der Waals surface area contributed by atoms with Crippen LogP contribution in [0.5, 0.6) is 0 Å². The Morgan fingerprint density at radius 3 is 2.11 bits per heavy atom. The molecule has 0 aliphatic carbocycles.